The average molecular weight is 400 g/mol. The molecular weight excluding hydrogens is 380 g/mol. The minimum absolute atomic E-state index is 0.129. The van der Waals surface area contributed by atoms with Gasteiger partial charge >= 0.3 is 5.97 Å². The largest absolute Gasteiger partial charge is 0.452 e. The zero-order chi connectivity index (χ0) is 21.1. The van der Waals surface area contributed by atoms with Crippen LogP contribution in [0, 0.1) is 0 Å². The van der Waals surface area contributed by atoms with Crippen molar-refractivity contribution in [2.45, 2.75) is 13.0 Å². The molecule has 0 fully saturated rings. The summed E-state index contributed by atoms with van der Waals surface area (Å²) in [6.45, 7) is 1.44. The SMILES string of the molecule is C[C@H](NC(=O)COC(=O)c1cc(=O)[nH]c2ccccc12)c1ccc2ccccc2c1. The quantitative estimate of drug-likeness (QED) is 0.500. The summed E-state index contributed by atoms with van der Waals surface area (Å²) in [6, 6.07) is 21.8. The second kappa shape index (κ2) is 8.21. The predicted octanol–water partition coefficient (Wildman–Crippen LogP) is 3.72. The molecule has 3 aromatic carbocycles. The first-order valence-electron chi connectivity index (χ1n) is 9.58. The number of pyridine rings is 1. The molecule has 1 atom stereocenters. The number of nitrogens with one attached hydrogen (secondary N) is 2. The van der Waals surface area contributed by atoms with Gasteiger partial charge in [-0.15, -0.1) is 0 Å². The normalized spacial score (nSPS) is 11.9. The van der Waals surface area contributed by atoms with Crippen LogP contribution in [0.2, 0.25) is 0 Å². The number of esters is 1. The average Bonchev–Trinajstić information content (AvgIpc) is 2.76. The maximum atomic E-state index is 12.5. The Balaban J connectivity index is 1.42. The highest BCUT2D eigenvalue weighted by Crippen LogP contribution is 2.20. The van der Waals surface area contributed by atoms with E-state index in [2.05, 4.69) is 10.3 Å². The van der Waals surface area contributed by atoms with Crippen LogP contribution in [-0.4, -0.2) is 23.5 Å². The molecule has 0 aliphatic rings. The zero-order valence-electron chi connectivity index (χ0n) is 16.3. The molecule has 0 aliphatic heterocycles. The lowest BCUT2D eigenvalue weighted by molar-refractivity contribution is -0.124. The fraction of sp³-hybridized carbons (Fsp3) is 0.125. The van der Waals surface area contributed by atoms with E-state index in [-0.39, 0.29) is 11.6 Å². The van der Waals surface area contributed by atoms with Crippen LogP contribution in [0.5, 0.6) is 0 Å². The first kappa shape index (κ1) is 19.4. The van der Waals surface area contributed by atoms with Crippen LogP contribution < -0.4 is 10.9 Å². The van der Waals surface area contributed by atoms with Gasteiger partial charge in [-0.05, 0) is 35.4 Å². The summed E-state index contributed by atoms with van der Waals surface area (Å²) < 4.78 is 5.16. The van der Waals surface area contributed by atoms with Crippen LogP contribution in [0.25, 0.3) is 21.7 Å². The Bertz CT molecular complexity index is 1310. The Kier molecular flexibility index (Phi) is 5.30. The Morgan fingerprint density at radius 2 is 1.70 bits per heavy atom. The van der Waals surface area contributed by atoms with Gasteiger partial charge < -0.3 is 15.0 Å². The highest BCUT2D eigenvalue weighted by molar-refractivity contribution is 6.03. The van der Waals surface area contributed by atoms with Crippen molar-refractivity contribution in [1.82, 2.24) is 10.3 Å². The maximum absolute atomic E-state index is 12.5. The molecule has 1 heterocycles. The van der Waals surface area contributed by atoms with Crippen LogP contribution in [0.15, 0.2) is 77.6 Å². The van der Waals surface area contributed by atoms with E-state index >= 15 is 0 Å². The molecule has 4 rings (SSSR count). The number of amides is 1. The van der Waals surface area contributed by atoms with E-state index in [1.807, 2.05) is 49.4 Å². The second-order valence-electron chi connectivity index (χ2n) is 7.06. The number of hydrogen-bond acceptors (Lipinski definition) is 4. The molecule has 0 radical (unpaired) electrons. The van der Waals surface area contributed by atoms with Gasteiger partial charge in [-0.2, -0.15) is 0 Å². The van der Waals surface area contributed by atoms with E-state index in [9.17, 15) is 14.4 Å². The lowest BCUT2D eigenvalue weighted by Gasteiger charge is -2.15. The van der Waals surface area contributed by atoms with Gasteiger partial charge in [-0.25, -0.2) is 4.79 Å². The van der Waals surface area contributed by atoms with Gasteiger partial charge in [0.15, 0.2) is 6.61 Å². The fourth-order valence-electron chi connectivity index (χ4n) is 3.43. The standard InChI is InChI=1S/C24H20N2O4/c1-15(17-11-10-16-6-2-3-7-18(16)12-17)25-23(28)14-30-24(29)20-13-22(27)26-21-9-5-4-8-19(20)21/h2-13,15H,14H2,1H3,(H,25,28)(H,26,27)/t15-/m0/s1. The Hall–Kier alpha value is -3.93. The monoisotopic (exact) mass is 400 g/mol. The van der Waals surface area contributed by atoms with Crippen LogP contribution in [0.3, 0.4) is 0 Å². The lowest BCUT2D eigenvalue weighted by atomic mass is 10.0. The number of benzene rings is 3. The second-order valence-corrected chi connectivity index (χ2v) is 7.06. The minimum atomic E-state index is -0.717. The molecule has 0 saturated heterocycles. The summed E-state index contributed by atoms with van der Waals surface area (Å²) in [5, 5.41) is 5.60. The molecule has 6 nitrogen and oxygen atoms in total. The first-order valence-corrected chi connectivity index (χ1v) is 9.58. The number of rotatable bonds is 5. The van der Waals surface area contributed by atoms with Crippen molar-refractivity contribution < 1.29 is 14.3 Å². The van der Waals surface area contributed by atoms with Crippen LogP contribution in [0.1, 0.15) is 28.9 Å². The summed E-state index contributed by atoms with van der Waals surface area (Å²) in [5.74, 6) is -1.14. The molecule has 0 unspecified atom stereocenters. The zero-order valence-corrected chi connectivity index (χ0v) is 16.3. The third-order valence-corrected chi connectivity index (χ3v) is 4.96. The van der Waals surface area contributed by atoms with Gasteiger partial charge in [-0.1, -0.05) is 54.6 Å². The molecule has 6 heteroatoms. The van der Waals surface area contributed by atoms with Gasteiger partial charge in [-0.3, -0.25) is 9.59 Å². The number of carbonyl (C=O) groups is 2. The van der Waals surface area contributed by atoms with Gasteiger partial charge in [0.05, 0.1) is 11.6 Å². The van der Waals surface area contributed by atoms with Crippen molar-refractivity contribution in [3.8, 4) is 0 Å². The van der Waals surface area contributed by atoms with E-state index in [0.29, 0.717) is 10.9 Å². The van der Waals surface area contributed by atoms with Crippen LogP contribution in [0.4, 0.5) is 0 Å². The molecule has 0 saturated carbocycles. The third kappa shape index (κ3) is 4.07. The van der Waals surface area contributed by atoms with E-state index in [1.54, 1.807) is 24.3 Å². The Morgan fingerprint density at radius 1 is 0.967 bits per heavy atom. The van der Waals surface area contributed by atoms with E-state index in [0.717, 1.165) is 16.3 Å². The summed E-state index contributed by atoms with van der Waals surface area (Å²) in [4.78, 5) is 39.2. The smallest absolute Gasteiger partial charge is 0.339 e. The van der Waals surface area contributed by atoms with E-state index in [4.69, 9.17) is 4.74 Å². The Morgan fingerprint density at radius 3 is 2.53 bits per heavy atom. The van der Waals surface area contributed by atoms with Gasteiger partial charge in [0.1, 0.15) is 0 Å². The molecule has 0 aliphatic carbocycles. The van der Waals surface area contributed by atoms with Crippen molar-refractivity contribution in [1.29, 1.82) is 0 Å². The van der Waals surface area contributed by atoms with Crippen molar-refractivity contribution in [3.05, 3.63) is 94.3 Å². The number of carbonyl (C=O) groups excluding carboxylic acids is 2. The topological polar surface area (TPSA) is 88.3 Å². The van der Waals surface area contributed by atoms with Crippen molar-refractivity contribution >= 4 is 33.6 Å². The fourth-order valence-corrected chi connectivity index (χ4v) is 3.43. The number of fused-ring (bicyclic) bond motifs is 2. The van der Waals surface area contributed by atoms with Gasteiger partial charge in [0, 0.05) is 17.0 Å². The first-order chi connectivity index (χ1) is 14.5. The Labute approximate surface area is 172 Å². The third-order valence-electron chi connectivity index (χ3n) is 4.96. The number of hydrogen-bond donors (Lipinski definition) is 2. The number of ether oxygens (including phenoxy) is 1. The molecule has 0 spiro atoms. The molecule has 150 valence electrons. The number of H-pyrrole nitrogens is 1. The molecule has 4 aromatic rings. The van der Waals surface area contributed by atoms with Gasteiger partial charge in [0.25, 0.3) is 5.91 Å². The molecule has 2 N–H and O–H groups in total. The summed E-state index contributed by atoms with van der Waals surface area (Å²) in [6.07, 6.45) is 0. The number of aromatic nitrogens is 1. The van der Waals surface area contributed by atoms with Crippen molar-refractivity contribution in [2.24, 2.45) is 0 Å². The molecule has 30 heavy (non-hydrogen) atoms. The molecular formula is C24H20N2O4. The van der Waals surface area contributed by atoms with Crippen molar-refractivity contribution in [2.75, 3.05) is 6.61 Å². The van der Waals surface area contributed by atoms with Gasteiger partial charge in [0.2, 0.25) is 5.56 Å². The highest BCUT2D eigenvalue weighted by atomic mass is 16.5. The molecule has 1 aromatic heterocycles. The molecule has 1 amide bonds. The highest BCUT2D eigenvalue weighted by Gasteiger charge is 2.16. The van der Waals surface area contributed by atoms with Crippen molar-refractivity contribution in [3.63, 3.8) is 0 Å². The lowest BCUT2D eigenvalue weighted by Crippen LogP contribution is -2.31. The summed E-state index contributed by atoms with van der Waals surface area (Å²) in [7, 11) is 0. The van der Waals surface area contributed by atoms with E-state index in [1.165, 1.54) is 6.07 Å². The van der Waals surface area contributed by atoms with Crippen LogP contribution >= 0.6 is 0 Å². The van der Waals surface area contributed by atoms with E-state index < -0.39 is 24.0 Å². The summed E-state index contributed by atoms with van der Waals surface area (Å²) >= 11 is 0. The number of para-hydroxylation sites is 1. The van der Waals surface area contributed by atoms with Crippen LogP contribution in [-0.2, 0) is 9.53 Å². The molecule has 0 bridgehead atoms. The maximum Gasteiger partial charge on any atom is 0.339 e. The predicted molar refractivity (Wildman–Crippen MR) is 115 cm³/mol. The minimum Gasteiger partial charge on any atom is -0.452 e. The number of aromatic amines is 1. The summed E-state index contributed by atoms with van der Waals surface area (Å²) in [5.41, 5.74) is 1.21.